The van der Waals surface area contributed by atoms with Crippen LogP contribution in [0.2, 0.25) is 0 Å². The lowest BCUT2D eigenvalue weighted by molar-refractivity contribution is -0.130. The van der Waals surface area contributed by atoms with Gasteiger partial charge in [0.25, 0.3) is 5.91 Å². The van der Waals surface area contributed by atoms with Gasteiger partial charge in [-0.2, -0.15) is 8.78 Å². The number of hydrogen-bond donors (Lipinski definition) is 1. The van der Waals surface area contributed by atoms with Crippen LogP contribution in [0.25, 0.3) is 0 Å². The molecule has 0 saturated carbocycles. The predicted molar refractivity (Wildman–Crippen MR) is 98.4 cm³/mol. The number of piperazine rings is 1. The number of hydrogen-bond acceptors (Lipinski definition) is 5. The van der Waals surface area contributed by atoms with E-state index in [-0.39, 0.29) is 23.8 Å². The van der Waals surface area contributed by atoms with Crippen molar-refractivity contribution < 1.29 is 23.1 Å². The molecule has 1 aromatic carbocycles. The van der Waals surface area contributed by atoms with Gasteiger partial charge in [0.1, 0.15) is 11.6 Å². The number of benzene rings is 1. The molecule has 0 radical (unpaired) electrons. The molecule has 0 atom stereocenters. The molecule has 0 spiro atoms. The zero-order chi connectivity index (χ0) is 19.9. The van der Waals surface area contributed by atoms with E-state index in [4.69, 9.17) is 0 Å². The summed E-state index contributed by atoms with van der Waals surface area (Å²) in [5.74, 6) is -0.247. The first-order valence-corrected chi connectivity index (χ1v) is 8.80. The number of amides is 2. The maximum absolute atomic E-state index is 12.5. The molecule has 0 bridgehead atoms. The monoisotopic (exact) mass is 390 g/mol. The fourth-order valence-electron chi connectivity index (χ4n) is 2.94. The third kappa shape index (κ3) is 4.93. The normalized spacial score (nSPS) is 14.1. The highest BCUT2D eigenvalue weighted by molar-refractivity contribution is 5.98. The van der Waals surface area contributed by atoms with Gasteiger partial charge < -0.3 is 19.9 Å². The fourth-order valence-corrected chi connectivity index (χ4v) is 2.94. The lowest BCUT2D eigenvalue weighted by atomic mass is 10.2. The van der Waals surface area contributed by atoms with Gasteiger partial charge in [-0.05, 0) is 24.3 Å². The number of para-hydroxylation sites is 1. The second kappa shape index (κ2) is 9.12. The summed E-state index contributed by atoms with van der Waals surface area (Å²) in [6, 6.07) is 11.3. The summed E-state index contributed by atoms with van der Waals surface area (Å²) in [5.41, 5.74) is -0.0458. The molecule has 28 heavy (non-hydrogen) atoms. The van der Waals surface area contributed by atoms with Crippen LogP contribution < -0.4 is 15.0 Å². The molecule has 1 aliphatic rings. The van der Waals surface area contributed by atoms with Crippen LogP contribution in [0.15, 0.2) is 48.7 Å². The summed E-state index contributed by atoms with van der Waals surface area (Å²) in [4.78, 5) is 32.6. The van der Waals surface area contributed by atoms with E-state index >= 15 is 0 Å². The van der Waals surface area contributed by atoms with Crippen LogP contribution in [0, 0.1) is 0 Å². The fraction of sp³-hybridized carbons (Fsp3) is 0.316. The summed E-state index contributed by atoms with van der Waals surface area (Å²) in [5, 5.41) is 2.47. The Morgan fingerprint density at radius 3 is 2.46 bits per heavy atom. The lowest BCUT2D eigenvalue weighted by Crippen LogP contribution is -2.51. The van der Waals surface area contributed by atoms with Crippen molar-refractivity contribution in [2.24, 2.45) is 0 Å². The van der Waals surface area contributed by atoms with Gasteiger partial charge in [-0.25, -0.2) is 4.98 Å². The quantitative estimate of drug-likeness (QED) is 0.814. The molecular weight excluding hydrogens is 370 g/mol. The Kier molecular flexibility index (Phi) is 6.36. The number of carbonyl (C=O) groups is 2. The van der Waals surface area contributed by atoms with E-state index in [0.29, 0.717) is 26.2 Å². The largest absolute Gasteiger partial charge is 0.434 e. The summed E-state index contributed by atoms with van der Waals surface area (Å²) in [6.07, 6.45) is 1.72. The van der Waals surface area contributed by atoms with Crippen LogP contribution in [0.3, 0.4) is 0 Å². The van der Waals surface area contributed by atoms with Gasteiger partial charge >= 0.3 is 6.61 Å². The number of pyridine rings is 1. The van der Waals surface area contributed by atoms with Gasteiger partial charge in [-0.1, -0.05) is 18.2 Å². The Morgan fingerprint density at radius 1 is 1.07 bits per heavy atom. The Balaban J connectivity index is 1.50. The molecule has 1 saturated heterocycles. The van der Waals surface area contributed by atoms with Crippen LogP contribution in [-0.2, 0) is 4.79 Å². The van der Waals surface area contributed by atoms with E-state index in [0.717, 1.165) is 5.82 Å². The Labute approximate surface area is 160 Å². The minimum Gasteiger partial charge on any atom is -0.434 e. The molecule has 9 heteroatoms. The number of rotatable bonds is 6. The standard InChI is InChI=1S/C19H20F2N4O3/c20-19(21)28-15-6-2-1-5-14(15)18(27)23-13-17(26)25-11-9-24(10-12-25)16-7-3-4-8-22-16/h1-8,19H,9-13H2,(H,23,27). The highest BCUT2D eigenvalue weighted by Crippen LogP contribution is 2.20. The second-order valence-electron chi connectivity index (χ2n) is 6.11. The predicted octanol–water partition coefficient (Wildman–Crippen LogP) is 1.76. The maximum atomic E-state index is 12.5. The van der Waals surface area contributed by atoms with Gasteiger partial charge in [-0.3, -0.25) is 9.59 Å². The molecule has 7 nitrogen and oxygen atoms in total. The minimum atomic E-state index is -3.04. The van der Waals surface area contributed by atoms with Crippen LogP contribution >= 0.6 is 0 Å². The average Bonchev–Trinajstić information content (AvgIpc) is 2.72. The molecule has 2 heterocycles. The number of nitrogens with zero attached hydrogens (tertiary/aromatic N) is 3. The number of halogens is 2. The molecule has 2 amide bonds. The van der Waals surface area contributed by atoms with E-state index < -0.39 is 12.5 Å². The molecule has 0 aliphatic carbocycles. The van der Waals surface area contributed by atoms with Crippen LogP contribution in [0.1, 0.15) is 10.4 Å². The molecule has 3 rings (SSSR count). The summed E-state index contributed by atoms with van der Waals surface area (Å²) in [7, 11) is 0. The zero-order valence-corrected chi connectivity index (χ0v) is 15.1. The van der Waals surface area contributed by atoms with Crippen molar-refractivity contribution in [3.05, 3.63) is 54.2 Å². The van der Waals surface area contributed by atoms with E-state index in [9.17, 15) is 18.4 Å². The van der Waals surface area contributed by atoms with Crippen LogP contribution in [-0.4, -0.2) is 61.0 Å². The number of carbonyl (C=O) groups excluding carboxylic acids is 2. The molecule has 2 aromatic rings. The molecule has 1 fully saturated rings. The first-order chi connectivity index (χ1) is 13.5. The van der Waals surface area contributed by atoms with Crippen molar-refractivity contribution in [2.45, 2.75) is 6.61 Å². The number of anilines is 1. The van der Waals surface area contributed by atoms with Crippen LogP contribution in [0.5, 0.6) is 5.75 Å². The topological polar surface area (TPSA) is 74.8 Å². The summed E-state index contributed by atoms with van der Waals surface area (Å²) in [6.45, 7) is -0.951. The van der Waals surface area contributed by atoms with Crippen molar-refractivity contribution in [3.63, 3.8) is 0 Å². The smallest absolute Gasteiger partial charge is 0.387 e. The number of alkyl halides is 2. The molecule has 1 aromatic heterocycles. The Morgan fingerprint density at radius 2 is 1.79 bits per heavy atom. The number of aromatic nitrogens is 1. The number of nitrogens with one attached hydrogen (secondary N) is 1. The third-order valence-corrected chi connectivity index (χ3v) is 4.35. The van der Waals surface area contributed by atoms with Gasteiger partial charge in [0, 0.05) is 32.4 Å². The van der Waals surface area contributed by atoms with Crippen molar-refractivity contribution in [3.8, 4) is 5.75 Å². The average molecular weight is 390 g/mol. The first-order valence-electron chi connectivity index (χ1n) is 8.80. The second-order valence-corrected chi connectivity index (χ2v) is 6.11. The van der Waals surface area contributed by atoms with Gasteiger partial charge in [0.05, 0.1) is 12.1 Å². The maximum Gasteiger partial charge on any atom is 0.387 e. The SMILES string of the molecule is O=C(NCC(=O)N1CCN(c2ccccn2)CC1)c1ccccc1OC(F)F. The molecule has 0 unspecified atom stereocenters. The molecule has 1 aliphatic heterocycles. The minimum absolute atomic E-state index is 0.0458. The van der Waals surface area contributed by atoms with Gasteiger partial charge in [0.15, 0.2) is 0 Å². The van der Waals surface area contributed by atoms with E-state index in [2.05, 4.69) is 19.9 Å². The molecular formula is C19H20F2N4O3. The lowest BCUT2D eigenvalue weighted by Gasteiger charge is -2.35. The number of ether oxygens (including phenoxy) is 1. The van der Waals surface area contributed by atoms with Gasteiger partial charge in [-0.15, -0.1) is 0 Å². The van der Waals surface area contributed by atoms with Crippen molar-refractivity contribution in [1.29, 1.82) is 0 Å². The van der Waals surface area contributed by atoms with Crippen LogP contribution in [0.4, 0.5) is 14.6 Å². The summed E-state index contributed by atoms with van der Waals surface area (Å²) >= 11 is 0. The highest BCUT2D eigenvalue weighted by atomic mass is 19.3. The highest BCUT2D eigenvalue weighted by Gasteiger charge is 2.23. The summed E-state index contributed by atoms with van der Waals surface area (Å²) < 4.78 is 29.2. The van der Waals surface area contributed by atoms with E-state index in [1.165, 1.54) is 24.3 Å². The van der Waals surface area contributed by atoms with Gasteiger partial charge in [0.2, 0.25) is 5.91 Å². The first kappa shape index (κ1) is 19.5. The zero-order valence-electron chi connectivity index (χ0n) is 15.1. The Hall–Kier alpha value is -3.23. The molecule has 1 N–H and O–H groups in total. The van der Waals surface area contributed by atoms with Crippen molar-refractivity contribution in [2.75, 3.05) is 37.6 Å². The van der Waals surface area contributed by atoms with E-state index in [1.807, 2.05) is 18.2 Å². The van der Waals surface area contributed by atoms with Crippen molar-refractivity contribution >= 4 is 17.6 Å². The third-order valence-electron chi connectivity index (χ3n) is 4.35. The molecule has 148 valence electrons. The van der Waals surface area contributed by atoms with E-state index in [1.54, 1.807) is 11.1 Å². The van der Waals surface area contributed by atoms with Crippen molar-refractivity contribution in [1.82, 2.24) is 15.2 Å². The Bertz CT molecular complexity index is 812.